The van der Waals surface area contributed by atoms with Gasteiger partial charge in [-0.25, -0.2) is 4.98 Å². The van der Waals surface area contributed by atoms with Crippen molar-refractivity contribution in [2.75, 3.05) is 0 Å². The van der Waals surface area contributed by atoms with Gasteiger partial charge in [0.1, 0.15) is 11.3 Å². The fourth-order valence-electron chi connectivity index (χ4n) is 1.22. The first-order chi connectivity index (χ1) is 8.20. The number of pyridine rings is 1. The first-order valence-electron chi connectivity index (χ1n) is 4.74. The van der Waals surface area contributed by atoms with Crippen LogP contribution < -0.4 is 0 Å². The zero-order valence-corrected chi connectivity index (χ0v) is 12.5. The summed E-state index contributed by atoms with van der Waals surface area (Å²) >= 11 is 8.44. The Morgan fingerprint density at radius 3 is 2.65 bits per heavy atom. The molecule has 17 heavy (non-hydrogen) atoms. The fraction of sp³-hybridized carbons (Fsp3) is 0. The van der Waals surface area contributed by atoms with Crippen LogP contribution in [0.15, 0.2) is 55.4 Å². The molecule has 1 aromatic heterocycles. The number of carbonyl (C=O) groups excluding carboxylic acids is 1. The monoisotopic (exact) mass is 371 g/mol. The van der Waals surface area contributed by atoms with E-state index < -0.39 is 0 Å². The summed E-state index contributed by atoms with van der Waals surface area (Å²) in [4.78, 5) is 15.9. The van der Waals surface area contributed by atoms with Gasteiger partial charge in [-0.3, -0.25) is 4.79 Å². The van der Waals surface area contributed by atoms with Gasteiger partial charge < -0.3 is 0 Å². The number of carbonyl (C=O) groups is 1. The summed E-state index contributed by atoms with van der Waals surface area (Å²) in [5, 5.41) is 0.895. The third-order valence-electron chi connectivity index (χ3n) is 2.02. The molecular weight excluding hydrogens is 366 g/mol. The predicted molar refractivity (Wildman–Crippen MR) is 75.6 cm³/mol. The molecule has 0 saturated heterocycles. The van der Waals surface area contributed by atoms with Gasteiger partial charge in [-0.1, -0.05) is 17.8 Å². The molecule has 0 N–H and O–H groups in total. The highest BCUT2D eigenvalue weighted by atomic mass is 79.9. The number of hydrogen-bond acceptors (Lipinski definition) is 3. The van der Waals surface area contributed by atoms with Crippen LogP contribution in [0.5, 0.6) is 0 Å². The summed E-state index contributed by atoms with van der Waals surface area (Å²) in [6.07, 6.45) is 2.58. The Morgan fingerprint density at radius 1 is 1.18 bits per heavy atom. The molecule has 86 valence electrons. The van der Waals surface area contributed by atoms with E-state index in [4.69, 9.17) is 0 Å². The molecule has 0 spiro atoms. The Kier molecular flexibility index (Phi) is 4.36. The Bertz CT molecular complexity index is 560. The standard InChI is InChI=1S/C12H7Br2NOS/c13-9-2-1-5-15-12(9)17-11-4-3-8(7-16)6-10(11)14/h1-7H. The van der Waals surface area contributed by atoms with E-state index in [0.29, 0.717) is 5.56 Å². The van der Waals surface area contributed by atoms with Crippen molar-refractivity contribution in [1.29, 1.82) is 0 Å². The lowest BCUT2D eigenvalue weighted by Crippen LogP contribution is -1.84. The van der Waals surface area contributed by atoms with E-state index in [9.17, 15) is 4.79 Å². The number of hydrogen-bond donors (Lipinski definition) is 0. The molecule has 0 atom stereocenters. The van der Waals surface area contributed by atoms with Crippen molar-refractivity contribution in [2.45, 2.75) is 9.92 Å². The average molecular weight is 373 g/mol. The normalized spacial score (nSPS) is 10.2. The van der Waals surface area contributed by atoms with Gasteiger partial charge in [0, 0.05) is 21.1 Å². The molecule has 0 aliphatic carbocycles. The second kappa shape index (κ2) is 5.80. The molecule has 0 saturated carbocycles. The van der Waals surface area contributed by atoms with Crippen LogP contribution in [0.3, 0.4) is 0 Å². The van der Waals surface area contributed by atoms with Gasteiger partial charge in [0.2, 0.25) is 0 Å². The van der Waals surface area contributed by atoms with Crippen molar-refractivity contribution in [1.82, 2.24) is 4.98 Å². The highest BCUT2D eigenvalue weighted by molar-refractivity contribution is 9.11. The van der Waals surface area contributed by atoms with E-state index in [-0.39, 0.29) is 0 Å². The maximum absolute atomic E-state index is 10.6. The third-order valence-corrected chi connectivity index (χ3v) is 4.94. The number of rotatable bonds is 3. The van der Waals surface area contributed by atoms with Crippen LogP contribution in [0.2, 0.25) is 0 Å². The Balaban J connectivity index is 2.31. The first kappa shape index (κ1) is 12.8. The maximum Gasteiger partial charge on any atom is 0.150 e. The minimum atomic E-state index is 0.654. The lowest BCUT2D eigenvalue weighted by molar-refractivity contribution is 0.112. The van der Waals surface area contributed by atoms with Gasteiger partial charge in [-0.05, 0) is 56.1 Å². The van der Waals surface area contributed by atoms with Crippen molar-refractivity contribution >= 4 is 49.9 Å². The third kappa shape index (κ3) is 3.18. The van der Waals surface area contributed by atoms with Crippen molar-refractivity contribution in [3.05, 3.63) is 51.0 Å². The first-order valence-corrected chi connectivity index (χ1v) is 7.14. The van der Waals surface area contributed by atoms with Crippen LogP contribution >= 0.6 is 43.6 Å². The lowest BCUT2D eigenvalue weighted by atomic mass is 10.2. The molecule has 0 aliphatic heterocycles. The SMILES string of the molecule is O=Cc1ccc(Sc2ncccc2Br)c(Br)c1. The molecule has 1 heterocycles. The zero-order chi connectivity index (χ0) is 12.3. The van der Waals surface area contributed by atoms with Gasteiger partial charge in [0.15, 0.2) is 0 Å². The van der Waals surface area contributed by atoms with E-state index >= 15 is 0 Å². The molecule has 0 amide bonds. The van der Waals surface area contributed by atoms with Crippen molar-refractivity contribution < 1.29 is 4.79 Å². The van der Waals surface area contributed by atoms with Gasteiger partial charge in [-0.15, -0.1) is 0 Å². The highest BCUT2D eigenvalue weighted by Gasteiger charge is 2.07. The van der Waals surface area contributed by atoms with Crippen LogP contribution in [0, 0.1) is 0 Å². The number of aromatic nitrogens is 1. The molecule has 2 aromatic rings. The van der Waals surface area contributed by atoms with E-state index in [0.717, 1.165) is 25.2 Å². The second-order valence-electron chi connectivity index (χ2n) is 3.20. The zero-order valence-electron chi connectivity index (χ0n) is 8.56. The number of halogens is 2. The average Bonchev–Trinajstić information content (AvgIpc) is 2.34. The van der Waals surface area contributed by atoms with E-state index in [1.807, 2.05) is 18.2 Å². The minimum absolute atomic E-state index is 0.654. The van der Waals surface area contributed by atoms with Crippen molar-refractivity contribution in [3.8, 4) is 0 Å². The van der Waals surface area contributed by atoms with Crippen molar-refractivity contribution in [3.63, 3.8) is 0 Å². The lowest BCUT2D eigenvalue weighted by Gasteiger charge is -2.05. The highest BCUT2D eigenvalue weighted by Crippen LogP contribution is 2.35. The molecule has 0 fully saturated rings. The summed E-state index contributed by atoms with van der Waals surface area (Å²) in [5.74, 6) is 0. The predicted octanol–water partition coefficient (Wildman–Crippen LogP) is 4.57. The van der Waals surface area contributed by atoms with Gasteiger partial charge in [0.05, 0.1) is 4.47 Å². The molecule has 0 aliphatic rings. The summed E-state index contributed by atoms with van der Waals surface area (Å²) in [7, 11) is 0. The van der Waals surface area contributed by atoms with Crippen LogP contribution in [-0.4, -0.2) is 11.3 Å². The quantitative estimate of drug-likeness (QED) is 0.739. The topological polar surface area (TPSA) is 30.0 Å². The van der Waals surface area contributed by atoms with Crippen LogP contribution in [-0.2, 0) is 0 Å². The summed E-state index contributed by atoms with van der Waals surface area (Å²) in [5.41, 5.74) is 0.654. The molecule has 2 nitrogen and oxygen atoms in total. The molecule has 1 aromatic carbocycles. The van der Waals surface area contributed by atoms with Gasteiger partial charge in [0.25, 0.3) is 0 Å². The molecular formula is C12H7Br2NOS. The van der Waals surface area contributed by atoms with E-state index in [1.165, 1.54) is 11.8 Å². The Labute approximate surface area is 120 Å². The van der Waals surface area contributed by atoms with Gasteiger partial charge >= 0.3 is 0 Å². The van der Waals surface area contributed by atoms with E-state index in [2.05, 4.69) is 36.8 Å². The number of benzene rings is 1. The molecule has 2 rings (SSSR count). The van der Waals surface area contributed by atoms with Crippen LogP contribution in [0.25, 0.3) is 0 Å². The molecule has 5 heteroatoms. The maximum atomic E-state index is 10.6. The molecule has 0 radical (unpaired) electrons. The number of nitrogens with zero attached hydrogens (tertiary/aromatic N) is 1. The smallest absolute Gasteiger partial charge is 0.150 e. The van der Waals surface area contributed by atoms with E-state index in [1.54, 1.807) is 18.3 Å². The minimum Gasteiger partial charge on any atom is -0.298 e. The van der Waals surface area contributed by atoms with Crippen LogP contribution in [0.4, 0.5) is 0 Å². The summed E-state index contributed by atoms with van der Waals surface area (Å²) in [6, 6.07) is 9.31. The summed E-state index contributed by atoms with van der Waals surface area (Å²) in [6.45, 7) is 0. The number of aldehydes is 1. The van der Waals surface area contributed by atoms with Gasteiger partial charge in [-0.2, -0.15) is 0 Å². The Morgan fingerprint density at radius 2 is 2.00 bits per heavy atom. The fourth-order valence-corrected chi connectivity index (χ4v) is 3.14. The van der Waals surface area contributed by atoms with Crippen molar-refractivity contribution in [2.24, 2.45) is 0 Å². The second-order valence-corrected chi connectivity index (χ2v) is 5.94. The summed E-state index contributed by atoms with van der Waals surface area (Å²) < 4.78 is 1.85. The largest absolute Gasteiger partial charge is 0.298 e. The molecule has 0 bridgehead atoms. The van der Waals surface area contributed by atoms with Crippen LogP contribution in [0.1, 0.15) is 10.4 Å². The molecule has 0 unspecified atom stereocenters. The Hall–Kier alpha value is -0.650.